The van der Waals surface area contributed by atoms with Gasteiger partial charge in [-0.15, -0.1) is 0 Å². The van der Waals surface area contributed by atoms with Crippen LogP contribution in [0.1, 0.15) is 20.3 Å². The molecule has 0 saturated heterocycles. The quantitative estimate of drug-likeness (QED) is 0.264. The number of nitrogens with one attached hydrogen (secondary N) is 3. The maximum atomic E-state index is 13.5. The van der Waals surface area contributed by atoms with E-state index >= 15 is 0 Å². The Morgan fingerprint density at radius 1 is 1.03 bits per heavy atom. The Hall–Kier alpha value is -4.99. The molecule has 6 rings (SSSR count). The second-order valence-electron chi connectivity index (χ2n) is 9.42. The zero-order valence-corrected chi connectivity index (χ0v) is 20.7. The van der Waals surface area contributed by atoms with Crippen LogP contribution in [0, 0.1) is 11.7 Å². The minimum atomic E-state index is -0.298. The monoisotopic (exact) mass is 506 g/mol. The minimum Gasteiger partial charge on any atom is -0.335 e. The van der Waals surface area contributed by atoms with Crippen LogP contribution in [0.5, 0.6) is 0 Å². The molecule has 188 valence electrons. The summed E-state index contributed by atoms with van der Waals surface area (Å²) in [7, 11) is 0. The van der Waals surface area contributed by atoms with Crippen LogP contribution < -0.4 is 5.32 Å². The predicted molar refractivity (Wildman–Crippen MR) is 143 cm³/mol. The number of hydrogen-bond donors (Lipinski definition) is 3. The summed E-state index contributed by atoms with van der Waals surface area (Å²) in [5.41, 5.74) is 6.88. The van der Waals surface area contributed by atoms with E-state index in [1.54, 1.807) is 30.7 Å². The van der Waals surface area contributed by atoms with Crippen molar-refractivity contribution in [1.82, 2.24) is 35.1 Å². The van der Waals surface area contributed by atoms with Crippen LogP contribution in [0.4, 0.5) is 10.1 Å². The fourth-order valence-electron chi connectivity index (χ4n) is 4.35. The molecule has 5 aromatic heterocycles. The number of imidazole rings is 1. The Morgan fingerprint density at radius 3 is 2.68 bits per heavy atom. The molecular formula is C28H23FN8O. The van der Waals surface area contributed by atoms with Crippen molar-refractivity contribution in [3.8, 4) is 33.9 Å². The van der Waals surface area contributed by atoms with Crippen molar-refractivity contribution in [2.75, 3.05) is 5.32 Å². The summed E-state index contributed by atoms with van der Waals surface area (Å²) in [6.07, 6.45) is 5.42. The second kappa shape index (κ2) is 9.47. The van der Waals surface area contributed by atoms with Gasteiger partial charge in [0.2, 0.25) is 5.91 Å². The number of hydrogen-bond acceptors (Lipinski definition) is 6. The van der Waals surface area contributed by atoms with E-state index in [2.05, 4.69) is 35.5 Å². The first-order valence-electron chi connectivity index (χ1n) is 12.2. The lowest BCUT2D eigenvalue weighted by Gasteiger charge is -2.08. The Morgan fingerprint density at radius 2 is 1.87 bits per heavy atom. The topological polar surface area (TPSA) is 125 Å². The number of aromatic amines is 2. The highest BCUT2D eigenvalue weighted by molar-refractivity contribution is 5.95. The number of carbonyl (C=O) groups is 1. The number of anilines is 1. The van der Waals surface area contributed by atoms with E-state index in [4.69, 9.17) is 4.98 Å². The van der Waals surface area contributed by atoms with E-state index in [-0.39, 0.29) is 17.6 Å². The number of benzene rings is 1. The lowest BCUT2D eigenvalue weighted by molar-refractivity contribution is -0.116. The van der Waals surface area contributed by atoms with Gasteiger partial charge in [0.1, 0.15) is 11.3 Å². The summed E-state index contributed by atoms with van der Waals surface area (Å²) in [5.74, 6) is 0.409. The molecule has 1 aromatic carbocycles. The molecule has 1 amide bonds. The Labute approximate surface area is 216 Å². The summed E-state index contributed by atoms with van der Waals surface area (Å²) in [5, 5.41) is 10.4. The van der Waals surface area contributed by atoms with Gasteiger partial charge >= 0.3 is 0 Å². The van der Waals surface area contributed by atoms with Crippen molar-refractivity contribution < 1.29 is 9.18 Å². The zero-order valence-electron chi connectivity index (χ0n) is 20.7. The SMILES string of the molecule is CC(C)CC(=O)Nc1cncc(-c2ccc3[nH]nc(-c4nc5nccc(-c6ccc(F)cc6)c5[nH]4)c3n2)c1. The van der Waals surface area contributed by atoms with E-state index < -0.39 is 0 Å². The van der Waals surface area contributed by atoms with Crippen molar-refractivity contribution in [2.24, 2.45) is 5.92 Å². The van der Waals surface area contributed by atoms with Gasteiger partial charge in [0, 0.05) is 29.9 Å². The first-order valence-corrected chi connectivity index (χ1v) is 12.2. The third kappa shape index (κ3) is 4.47. The molecule has 3 N–H and O–H groups in total. The van der Waals surface area contributed by atoms with Crippen LogP contribution in [-0.2, 0) is 4.79 Å². The number of amides is 1. The van der Waals surface area contributed by atoms with E-state index in [0.29, 0.717) is 40.5 Å². The number of pyridine rings is 3. The minimum absolute atomic E-state index is 0.0574. The molecule has 10 heteroatoms. The summed E-state index contributed by atoms with van der Waals surface area (Å²) in [4.78, 5) is 33.7. The van der Waals surface area contributed by atoms with Crippen LogP contribution in [0.2, 0.25) is 0 Å². The highest BCUT2D eigenvalue weighted by Crippen LogP contribution is 2.31. The van der Waals surface area contributed by atoms with Crippen LogP contribution in [0.15, 0.2) is 67.1 Å². The molecule has 6 aromatic rings. The Balaban J connectivity index is 1.38. The Kier molecular flexibility index (Phi) is 5.83. The van der Waals surface area contributed by atoms with Crippen molar-refractivity contribution in [1.29, 1.82) is 0 Å². The summed E-state index contributed by atoms with van der Waals surface area (Å²) in [6, 6.07) is 13.7. The molecule has 0 fully saturated rings. The van der Waals surface area contributed by atoms with E-state index in [1.165, 1.54) is 12.1 Å². The van der Waals surface area contributed by atoms with Gasteiger partial charge in [-0.25, -0.2) is 19.3 Å². The number of H-pyrrole nitrogens is 2. The summed E-state index contributed by atoms with van der Waals surface area (Å²) >= 11 is 0. The van der Waals surface area contributed by atoms with Crippen molar-refractivity contribution in [3.05, 3.63) is 72.9 Å². The fourth-order valence-corrected chi connectivity index (χ4v) is 4.35. The fraction of sp³-hybridized carbons (Fsp3) is 0.143. The molecule has 5 heterocycles. The standard InChI is InChI=1S/C28H23FN8O/c1-15(2)11-23(38)32-19-12-17(13-30-14-19)21-7-8-22-25(33-21)26(37-36-22)28-34-24-20(9-10-31-27(24)35-28)16-3-5-18(29)6-4-16/h3-10,12-15H,11H2,1-2H3,(H,32,38)(H,36,37)(H,31,34,35). The lowest BCUT2D eigenvalue weighted by Crippen LogP contribution is -2.14. The number of rotatable bonds is 6. The first kappa shape index (κ1) is 23.4. The van der Waals surface area contributed by atoms with Gasteiger partial charge in [-0.1, -0.05) is 26.0 Å². The first-order chi connectivity index (χ1) is 18.4. The number of halogens is 1. The van der Waals surface area contributed by atoms with Crippen molar-refractivity contribution >= 4 is 33.8 Å². The van der Waals surface area contributed by atoms with E-state index in [0.717, 1.165) is 27.7 Å². The average Bonchev–Trinajstić information content (AvgIpc) is 3.52. The van der Waals surface area contributed by atoms with Gasteiger partial charge < -0.3 is 10.3 Å². The molecule has 0 unspecified atom stereocenters. The largest absolute Gasteiger partial charge is 0.335 e. The average molecular weight is 507 g/mol. The van der Waals surface area contributed by atoms with E-state index in [9.17, 15) is 9.18 Å². The second-order valence-corrected chi connectivity index (χ2v) is 9.42. The number of nitrogens with zero attached hydrogens (tertiary/aromatic N) is 5. The molecule has 0 atom stereocenters. The molecule has 0 aliphatic carbocycles. The van der Waals surface area contributed by atoms with Gasteiger partial charge in [0.25, 0.3) is 0 Å². The molecule has 0 aliphatic heterocycles. The van der Waals surface area contributed by atoms with Crippen molar-refractivity contribution in [2.45, 2.75) is 20.3 Å². The Bertz CT molecular complexity index is 1790. The molecule has 0 saturated carbocycles. The molecule has 9 nitrogen and oxygen atoms in total. The van der Waals surface area contributed by atoms with Crippen LogP contribution in [0.3, 0.4) is 0 Å². The highest BCUT2D eigenvalue weighted by atomic mass is 19.1. The third-order valence-corrected chi connectivity index (χ3v) is 6.09. The number of aromatic nitrogens is 7. The summed E-state index contributed by atoms with van der Waals surface area (Å²) < 4.78 is 13.5. The van der Waals surface area contributed by atoms with Crippen LogP contribution in [0.25, 0.3) is 56.1 Å². The molecule has 0 bridgehead atoms. The van der Waals surface area contributed by atoms with Gasteiger partial charge in [0.15, 0.2) is 17.2 Å². The smallest absolute Gasteiger partial charge is 0.224 e. The number of fused-ring (bicyclic) bond motifs is 2. The third-order valence-electron chi connectivity index (χ3n) is 6.09. The zero-order chi connectivity index (χ0) is 26.2. The van der Waals surface area contributed by atoms with Gasteiger partial charge in [0.05, 0.1) is 28.6 Å². The van der Waals surface area contributed by atoms with Crippen LogP contribution in [-0.4, -0.2) is 41.0 Å². The molecule has 0 spiro atoms. The van der Waals surface area contributed by atoms with E-state index in [1.807, 2.05) is 38.1 Å². The predicted octanol–water partition coefficient (Wildman–Crippen LogP) is 5.75. The maximum absolute atomic E-state index is 13.5. The molecule has 38 heavy (non-hydrogen) atoms. The molecule has 0 aliphatic rings. The number of carbonyl (C=O) groups excluding carboxylic acids is 1. The van der Waals surface area contributed by atoms with Crippen LogP contribution >= 0.6 is 0 Å². The van der Waals surface area contributed by atoms with Gasteiger partial charge in [-0.05, 0) is 47.9 Å². The highest BCUT2D eigenvalue weighted by Gasteiger charge is 2.17. The summed E-state index contributed by atoms with van der Waals surface area (Å²) in [6.45, 7) is 4.00. The normalized spacial score (nSPS) is 11.5. The van der Waals surface area contributed by atoms with Crippen molar-refractivity contribution in [3.63, 3.8) is 0 Å². The lowest BCUT2D eigenvalue weighted by atomic mass is 10.1. The molecular weight excluding hydrogens is 483 g/mol. The maximum Gasteiger partial charge on any atom is 0.224 e. The van der Waals surface area contributed by atoms with Gasteiger partial charge in [-0.2, -0.15) is 5.10 Å². The molecule has 0 radical (unpaired) electrons. The van der Waals surface area contributed by atoms with Gasteiger partial charge in [-0.3, -0.25) is 14.9 Å².